The number of amides is 1. The van der Waals surface area contributed by atoms with Crippen molar-refractivity contribution in [2.45, 2.75) is 25.3 Å². The van der Waals surface area contributed by atoms with E-state index in [4.69, 9.17) is 5.73 Å². The lowest BCUT2D eigenvalue weighted by atomic mass is 9.95. The molecular formula is C11H18N2O3S. The smallest absolute Gasteiger partial charge is 0.223 e. The molecule has 0 bridgehead atoms. The number of hydrogen-bond donors (Lipinski definition) is 2. The minimum atomic E-state index is -3.10. The second-order valence-corrected chi connectivity index (χ2v) is 6.74. The minimum absolute atomic E-state index is 0.0151. The van der Waals surface area contributed by atoms with Crippen LogP contribution in [-0.2, 0) is 14.6 Å². The number of nitrogens with one attached hydrogen (secondary N) is 1. The number of hydrogen-bond acceptors (Lipinski definition) is 4. The molecule has 3 atom stereocenters. The SMILES string of the molecule is NCC1CCCC1C(=O)NC1C=CS(=O)(=O)C1. The second-order valence-electron chi connectivity index (χ2n) is 4.81. The van der Waals surface area contributed by atoms with Crippen LogP contribution in [0.15, 0.2) is 11.5 Å². The first-order valence-corrected chi connectivity index (χ1v) is 7.65. The first kappa shape index (κ1) is 12.6. The molecule has 5 nitrogen and oxygen atoms in total. The molecule has 0 radical (unpaired) electrons. The van der Waals surface area contributed by atoms with Crippen LogP contribution in [0.1, 0.15) is 19.3 Å². The summed E-state index contributed by atoms with van der Waals surface area (Å²) in [6.07, 6.45) is 4.42. The summed E-state index contributed by atoms with van der Waals surface area (Å²) in [5.41, 5.74) is 5.62. The van der Waals surface area contributed by atoms with Gasteiger partial charge in [0.15, 0.2) is 9.84 Å². The van der Waals surface area contributed by atoms with Gasteiger partial charge in [0.25, 0.3) is 0 Å². The maximum Gasteiger partial charge on any atom is 0.223 e. The predicted molar refractivity (Wildman–Crippen MR) is 64.7 cm³/mol. The molecule has 1 saturated carbocycles. The lowest BCUT2D eigenvalue weighted by molar-refractivity contribution is -0.126. The van der Waals surface area contributed by atoms with Crippen LogP contribution in [0.4, 0.5) is 0 Å². The van der Waals surface area contributed by atoms with Crippen molar-refractivity contribution in [3.8, 4) is 0 Å². The molecule has 1 aliphatic heterocycles. The van der Waals surface area contributed by atoms with Crippen molar-refractivity contribution in [2.75, 3.05) is 12.3 Å². The minimum Gasteiger partial charge on any atom is -0.349 e. The fraction of sp³-hybridized carbons (Fsp3) is 0.727. The summed E-state index contributed by atoms with van der Waals surface area (Å²) in [6, 6.07) is -0.369. The number of rotatable bonds is 3. The average Bonchev–Trinajstić information content (AvgIpc) is 2.84. The van der Waals surface area contributed by atoms with Gasteiger partial charge in [-0.15, -0.1) is 0 Å². The monoisotopic (exact) mass is 258 g/mol. The van der Waals surface area contributed by atoms with E-state index in [1.165, 1.54) is 5.41 Å². The molecule has 0 aromatic heterocycles. The number of carbonyl (C=O) groups is 1. The third kappa shape index (κ3) is 2.87. The Hall–Kier alpha value is -0.880. The molecule has 2 aliphatic rings. The second kappa shape index (κ2) is 4.78. The highest BCUT2D eigenvalue weighted by molar-refractivity contribution is 7.94. The fourth-order valence-corrected chi connectivity index (χ4v) is 3.85. The first-order chi connectivity index (χ1) is 8.02. The van der Waals surface area contributed by atoms with Crippen LogP contribution in [0.25, 0.3) is 0 Å². The number of sulfone groups is 1. The van der Waals surface area contributed by atoms with Gasteiger partial charge in [0.05, 0.1) is 11.8 Å². The summed E-state index contributed by atoms with van der Waals surface area (Å²) >= 11 is 0. The molecule has 3 unspecified atom stereocenters. The van der Waals surface area contributed by atoms with E-state index in [0.29, 0.717) is 6.54 Å². The summed E-state index contributed by atoms with van der Waals surface area (Å²) in [4.78, 5) is 12.0. The van der Waals surface area contributed by atoms with E-state index in [1.54, 1.807) is 6.08 Å². The van der Waals surface area contributed by atoms with Crippen LogP contribution in [0.5, 0.6) is 0 Å². The molecule has 0 aromatic carbocycles. The highest BCUT2D eigenvalue weighted by Gasteiger charge is 2.33. The van der Waals surface area contributed by atoms with Crippen molar-refractivity contribution in [2.24, 2.45) is 17.6 Å². The third-order valence-corrected chi connectivity index (χ3v) is 4.95. The van der Waals surface area contributed by atoms with Crippen molar-refractivity contribution < 1.29 is 13.2 Å². The summed E-state index contributed by atoms with van der Waals surface area (Å²) in [5, 5.41) is 3.95. The van der Waals surface area contributed by atoms with Gasteiger partial charge in [-0.3, -0.25) is 4.79 Å². The van der Waals surface area contributed by atoms with Gasteiger partial charge >= 0.3 is 0 Å². The van der Waals surface area contributed by atoms with Gasteiger partial charge in [0.1, 0.15) is 0 Å². The molecule has 17 heavy (non-hydrogen) atoms. The Morgan fingerprint density at radius 2 is 2.18 bits per heavy atom. The maximum absolute atomic E-state index is 12.0. The van der Waals surface area contributed by atoms with Crippen LogP contribution in [0.3, 0.4) is 0 Å². The van der Waals surface area contributed by atoms with Crippen LogP contribution >= 0.6 is 0 Å². The molecule has 1 heterocycles. The van der Waals surface area contributed by atoms with Gasteiger partial charge in [-0.05, 0) is 31.4 Å². The van der Waals surface area contributed by atoms with Crippen LogP contribution in [-0.4, -0.2) is 32.7 Å². The van der Waals surface area contributed by atoms with Gasteiger partial charge in [-0.25, -0.2) is 8.42 Å². The summed E-state index contributed by atoms with van der Waals surface area (Å²) in [7, 11) is -3.10. The molecule has 3 N–H and O–H groups in total. The van der Waals surface area contributed by atoms with Crippen LogP contribution < -0.4 is 11.1 Å². The Morgan fingerprint density at radius 3 is 2.76 bits per heavy atom. The Kier molecular flexibility index (Phi) is 3.53. The molecule has 1 fully saturated rings. The Balaban J connectivity index is 1.92. The zero-order valence-electron chi connectivity index (χ0n) is 9.63. The predicted octanol–water partition coefficient (Wildman–Crippen LogP) is -0.212. The Bertz CT molecular complexity index is 430. The van der Waals surface area contributed by atoms with E-state index < -0.39 is 9.84 Å². The van der Waals surface area contributed by atoms with Crippen molar-refractivity contribution in [1.29, 1.82) is 0 Å². The van der Waals surface area contributed by atoms with Crippen molar-refractivity contribution in [1.82, 2.24) is 5.32 Å². The van der Waals surface area contributed by atoms with E-state index in [2.05, 4.69) is 5.32 Å². The van der Waals surface area contributed by atoms with Gasteiger partial charge in [0, 0.05) is 11.3 Å². The first-order valence-electron chi connectivity index (χ1n) is 5.93. The van der Waals surface area contributed by atoms with Crippen LogP contribution in [0, 0.1) is 11.8 Å². The summed E-state index contributed by atoms with van der Waals surface area (Å²) in [5.74, 6) is 0.136. The molecule has 0 aromatic rings. The topological polar surface area (TPSA) is 89.3 Å². The van der Waals surface area contributed by atoms with E-state index in [0.717, 1.165) is 19.3 Å². The largest absolute Gasteiger partial charge is 0.349 e. The molecule has 6 heteroatoms. The zero-order chi connectivity index (χ0) is 12.5. The van der Waals surface area contributed by atoms with Gasteiger partial charge in [-0.1, -0.05) is 6.42 Å². The summed E-state index contributed by atoms with van der Waals surface area (Å²) in [6.45, 7) is 0.525. The highest BCUT2D eigenvalue weighted by atomic mass is 32.2. The van der Waals surface area contributed by atoms with Gasteiger partial charge < -0.3 is 11.1 Å². The maximum atomic E-state index is 12.0. The lowest BCUT2D eigenvalue weighted by Gasteiger charge is -2.19. The van der Waals surface area contributed by atoms with Crippen molar-refractivity contribution in [3.63, 3.8) is 0 Å². The third-order valence-electron chi connectivity index (χ3n) is 3.56. The average molecular weight is 258 g/mol. The molecule has 1 amide bonds. The quantitative estimate of drug-likeness (QED) is 0.733. The zero-order valence-corrected chi connectivity index (χ0v) is 10.4. The molecule has 1 aliphatic carbocycles. The standard InChI is InChI=1S/C11H18N2O3S/c12-6-8-2-1-3-10(8)11(14)13-9-4-5-17(15,16)7-9/h4-5,8-10H,1-3,6-7,12H2,(H,13,14). The summed E-state index contributed by atoms with van der Waals surface area (Å²) < 4.78 is 22.4. The molecule has 0 spiro atoms. The molecule has 2 rings (SSSR count). The van der Waals surface area contributed by atoms with Gasteiger partial charge in [-0.2, -0.15) is 0 Å². The van der Waals surface area contributed by atoms with Gasteiger partial charge in [0.2, 0.25) is 5.91 Å². The normalized spacial score (nSPS) is 35.0. The fourth-order valence-electron chi connectivity index (χ4n) is 2.62. The van der Waals surface area contributed by atoms with Crippen LogP contribution in [0.2, 0.25) is 0 Å². The Labute approximate surface area is 101 Å². The Morgan fingerprint density at radius 1 is 1.41 bits per heavy atom. The number of carbonyl (C=O) groups excluding carboxylic acids is 1. The lowest BCUT2D eigenvalue weighted by Crippen LogP contribution is -2.41. The van der Waals surface area contributed by atoms with E-state index in [-0.39, 0.29) is 29.5 Å². The molecule has 96 valence electrons. The molecule has 0 saturated heterocycles. The highest BCUT2D eigenvalue weighted by Crippen LogP contribution is 2.31. The van der Waals surface area contributed by atoms with E-state index >= 15 is 0 Å². The van der Waals surface area contributed by atoms with Crippen molar-refractivity contribution >= 4 is 15.7 Å². The van der Waals surface area contributed by atoms with E-state index in [9.17, 15) is 13.2 Å². The molecular weight excluding hydrogens is 240 g/mol. The van der Waals surface area contributed by atoms with Crippen molar-refractivity contribution in [3.05, 3.63) is 11.5 Å². The number of nitrogens with two attached hydrogens (primary N) is 1. The van der Waals surface area contributed by atoms with E-state index in [1.807, 2.05) is 0 Å².